The van der Waals surface area contributed by atoms with Crippen molar-refractivity contribution in [1.82, 2.24) is 13.4 Å². The van der Waals surface area contributed by atoms with E-state index in [1.807, 2.05) is 6.92 Å². The van der Waals surface area contributed by atoms with E-state index in [4.69, 9.17) is 5.73 Å². The highest BCUT2D eigenvalue weighted by atomic mass is 35.5. The molecule has 1 aromatic rings. The number of rotatable bonds is 3. The largest absolute Gasteiger partial charge is 0.330 e. The Hall–Kier alpha value is -1.16. The molecule has 1 aliphatic heterocycles. The summed E-state index contributed by atoms with van der Waals surface area (Å²) in [6, 6.07) is 0. The molecule has 1 aliphatic rings. The van der Waals surface area contributed by atoms with E-state index >= 15 is 0 Å². The molecule has 10 heteroatoms. The monoisotopic (exact) mass is 352 g/mol. The highest BCUT2D eigenvalue weighted by molar-refractivity contribution is 7.89. The number of halogens is 1. The second-order valence-electron chi connectivity index (χ2n) is 5.85. The molecule has 0 bridgehead atoms. The average molecular weight is 353 g/mol. The summed E-state index contributed by atoms with van der Waals surface area (Å²) < 4.78 is 28.4. The Kier molecular flexibility index (Phi) is 5.28. The van der Waals surface area contributed by atoms with Gasteiger partial charge in [0.15, 0.2) is 4.90 Å². The van der Waals surface area contributed by atoms with Crippen LogP contribution < -0.4 is 17.0 Å². The predicted octanol–water partition coefficient (Wildman–Crippen LogP) is -1.13. The van der Waals surface area contributed by atoms with Gasteiger partial charge < -0.3 is 10.3 Å². The van der Waals surface area contributed by atoms with Gasteiger partial charge in [-0.3, -0.25) is 9.36 Å². The molecule has 0 aromatic carbocycles. The highest BCUT2D eigenvalue weighted by Crippen LogP contribution is 2.31. The van der Waals surface area contributed by atoms with Crippen LogP contribution in [0.5, 0.6) is 0 Å². The molecule has 0 aliphatic carbocycles. The lowest BCUT2D eigenvalue weighted by Gasteiger charge is -2.22. The quantitative estimate of drug-likeness (QED) is 0.740. The Morgan fingerprint density at radius 1 is 1.32 bits per heavy atom. The molecule has 8 nitrogen and oxygen atoms in total. The maximum absolute atomic E-state index is 12.6. The minimum Gasteiger partial charge on any atom is -0.330 e. The summed E-state index contributed by atoms with van der Waals surface area (Å²) in [7, 11) is -1.25. The maximum Gasteiger partial charge on any atom is 0.330 e. The Labute approximate surface area is 135 Å². The predicted molar refractivity (Wildman–Crippen MR) is 84.7 cm³/mol. The summed E-state index contributed by atoms with van der Waals surface area (Å²) in [6.07, 6.45) is 1.73. The first kappa shape index (κ1) is 18.9. The molecular weight excluding hydrogens is 332 g/mol. The number of nitrogens with zero attached hydrogens (tertiary/aromatic N) is 3. The zero-order chi connectivity index (χ0) is 16.0. The van der Waals surface area contributed by atoms with Gasteiger partial charge in [-0.05, 0) is 18.4 Å². The van der Waals surface area contributed by atoms with E-state index in [1.165, 1.54) is 18.4 Å². The molecule has 2 rings (SSSR count). The van der Waals surface area contributed by atoms with E-state index in [-0.39, 0.29) is 29.3 Å². The Morgan fingerprint density at radius 3 is 2.41 bits per heavy atom. The summed E-state index contributed by atoms with van der Waals surface area (Å²) in [4.78, 5) is 23.4. The molecular formula is C12H21ClN4O4S. The van der Waals surface area contributed by atoms with Gasteiger partial charge in [0.2, 0.25) is 10.0 Å². The Morgan fingerprint density at radius 2 is 1.91 bits per heavy atom. The van der Waals surface area contributed by atoms with Crippen molar-refractivity contribution in [3.8, 4) is 0 Å². The van der Waals surface area contributed by atoms with Crippen molar-refractivity contribution in [3.05, 3.63) is 27.0 Å². The molecule has 0 saturated carbocycles. The van der Waals surface area contributed by atoms with Gasteiger partial charge >= 0.3 is 5.69 Å². The molecule has 0 spiro atoms. The molecule has 0 amide bonds. The second kappa shape index (κ2) is 6.15. The summed E-state index contributed by atoms with van der Waals surface area (Å²) in [5.41, 5.74) is 4.03. The van der Waals surface area contributed by atoms with E-state index in [0.29, 0.717) is 19.5 Å². The number of nitrogens with two attached hydrogens (primary N) is 1. The summed E-state index contributed by atoms with van der Waals surface area (Å²) >= 11 is 0. The number of aromatic nitrogens is 2. The summed E-state index contributed by atoms with van der Waals surface area (Å²) in [5.74, 6) is 0. The van der Waals surface area contributed by atoms with E-state index in [9.17, 15) is 18.0 Å². The number of sulfonamides is 1. The Balaban J connectivity index is 0.00000242. The van der Waals surface area contributed by atoms with Crippen LogP contribution in [-0.2, 0) is 24.1 Å². The molecule has 22 heavy (non-hydrogen) atoms. The molecule has 2 N–H and O–H groups in total. The normalized spacial score (nSPS) is 22.5. The molecule has 1 aromatic heterocycles. The van der Waals surface area contributed by atoms with Gasteiger partial charge in [-0.2, -0.15) is 4.31 Å². The molecule has 1 saturated heterocycles. The van der Waals surface area contributed by atoms with Gasteiger partial charge in [-0.15, -0.1) is 12.4 Å². The molecule has 1 unspecified atom stereocenters. The van der Waals surface area contributed by atoms with Crippen LogP contribution in [0.2, 0.25) is 0 Å². The van der Waals surface area contributed by atoms with Crippen molar-refractivity contribution < 1.29 is 8.42 Å². The fourth-order valence-electron chi connectivity index (χ4n) is 2.44. The third-order valence-electron chi connectivity index (χ3n) is 4.05. The number of hydrogen-bond donors (Lipinski definition) is 1. The molecule has 2 heterocycles. The first-order valence-electron chi connectivity index (χ1n) is 6.59. The lowest BCUT2D eigenvalue weighted by atomic mass is 9.90. The van der Waals surface area contributed by atoms with E-state index < -0.39 is 21.3 Å². The lowest BCUT2D eigenvalue weighted by Crippen LogP contribution is -2.42. The van der Waals surface area contributed by atoms with Gasteiger partial charge in [0.05, 0.1) is 0 Å². The number of hydrogen-bond acceptors (Lipinski definition) is 5. The van der Waals surface area contributed by atoms with E-state index in [0.717, 1.165) is 15.3 Å². The van der Waals surface area contributed by atoms with Crippen molar-refractivity contribution in [2.45, 2.75) is 18.2 Å². The van der Waals surface area contributed by atoms with Crippen LogP contribution in [0.15, 0.2) is 20.7 Å². The number of aryl methyl sites for hydroxylation is 1. The van der Waals surface area contributed by atoms with E-state index in [2.05, 4.69) is 0 Å². The van der Waals surface area contributed by atoms with Gasteiger partial charge in [-0.1, -0.05) is 6.92 Å². The zero-order valence-electron chi connectivity index (χ0n) is 12.8. The third kappa shape index (κ3) is 2.98. The van der Waals surface area contributed by atoms with Crippen LogP contribution in [-0.4, -0.2) is 41.5 Å². The first-order valence-corrected chi connectivity index (χ1v) is 8.03. The minimum absolute atomic E-state index is 0. The van der Waals surface area contributed by atoms with Gasteiger partial charge in [0.1, 0.15) is 0 Å². The van der Waals surface area contributed by atoms with Crippen LogP contribution in [0, 0.1) is 5.41 Å². The van der Waals surface area contributed by atoms with Crippen LogP contribution in [0.25, 0.3) is 0 Å². The van der Waals surface area contributed by atoms with Gasteiger partial charge in [-0.25, -0.2) is 13.2 Å². The maximum atomic E-state index is 12.6. The molecule has 1 fully saturated rings. The SMILES string of the molecule is Cl.Cn1cc(S(=O)(=O)N2CCC(C)(CN)C2)c(=O)n(C)c1=O. The zero-order valence-corrected chi connectivity index (χ0v) is 14.4. The van der Waals surface area contributed by atoms with Crippen molar-refractivity contribution >= 4 is 22.4 Å². The molecule has 1 atom stereocenters. The molecule has 126 valence electrons. The van der Waals surface area contributed by atoms with Crippen molar-refractivity contribution in [1.29, 1.82) is 0 Å². The van der Waals surface area contributed by atoms with Crippen molar-refractivity contribution in [2.24, 2.45) is 25.2 Å². The third-order valence-corrected chi connectivity index (χ3v) is 5.88. The topological polar surface area (TPSA) is 107 Å². The van der Waals surface area contributed by atoms with Crippen LogP contribution >= 0.6 is 12.4 Å². The lowest BCUT2D eigenvalue weighted by molar-refractivity contribution is 0.349. The summed E-state index contributed by atoms with van der Waals surface area (Å²) in [5, 5.41) is 0. The second-order valence-corrected chi connectivity index (χ2v) is 7.76. The smallest absolute Gasteiger partial charge is 0.330 e. The van der Waals surface area contributed by atoms with Gasteiger partial charge in [0.25, 0.3) is 5.56 Å². The van der Waals surface area contributed by atoms with Crippen LogP contribution in [0.3, 0.4) is 0 Å². The fourth-order valence-corrected chi connectivity index (χ4v) is 4.18. The molecule has 0 radical (unpaired) electrons. The van der Waals surface area contributed by atoms with E-state index in [1.54, 1.807) is 0 Å². The van der Waals surface area contributed by atoms with Crippen molar-refractivity contribution in [3.63, 3.8) is 0 Å². The van der Waals surface area contributed by atoms with Gasteiger partial charge in [0, 0.05) is 33.4 Å². The Bertz CT molecular complexity index is 785. The first-order chi connectivity index (χ1) is 9.62. The average Bonchev–Trinajstić information content (AvgIpc) is 2.84. The minimum atomic E-state index is -3.93. The van der Waals surface area contributed by atoms with Crippen molar-refractivity contribution in [2.75, 3.05) is 19.6 Å². The fraction of sp³-hybridized carbons (Fsp3) is 0.667. The standard InChI is InChI=1S/C12H20N4O4S.ClH/c1-12(7-13)4-5-16(8-12)21(19,20)9-6-14(2)11(18)15(3)10(9)17;/h6H,4-5,7-8,13H2,1-3H3;1H. The van der Waals surface area contributed by atoms with Crippen LogP contribution in [0.1, 0.15) is 13.3 Å². The summed E-state index contributed by atoms with van der Waals surface area (Å²) in [6.45, 7) is 2.89. The highest BCUT2D eigenvalue weighted by Gasteiger charge is 2.40. The van der Waals surface area contributed by atoms with Crippen LogP contribution in [0.4, 0.5) is 0 Å².